The first-order chi connectivity index (χ1) is 18.1. The second-order valence-corrected chi connectivity index (χ2v) is 7.60. The molecule has 0 N–H and O–H groups in total. The van der Waals surface area contributed by atoms with Gasteiger partial charge in [-0.1, -0.05) is 6.07 Å². The first-order valence-corrected chi connectivity index (χ1v) is 11.2. The van der Waals surface area contributed by atoms with Gasteiger partial charge in [-0.05, 0) is 17.7 Å². The molecular weight excluding hydrogens is 492 g/mol. The Morgan fingerprint density at radius 2 is 1.14 bits per heavy atom. The van der Waals surface area contributed by atoms with Crippen LogP contribution in [0.5, 0.6) is 28.7 Å². The number of Topliss-reactive ketones (excluding diaryl/α,β-unsaturated/α-hetero) is 1. The van der Waals surface area contributed by atoms with Crippen LogP contribution in [-0.4, -0.2) is 81.4 Å². The quantitative estimate of drug-likeness (QED) is 0.162. The molecule has 37 heavy (non-hydrogen) atoms. The normalized spacial score (nSPS) is 16.2. The van der Waals surface area contributed by atoms with Gasteiger partial charge in [0, 0.05) is 47.7 Å². The first-order valence-electron chi connectivity index (χ1n) is 11.2. The number of carbonyl (C=O) groups excluding carboxylic acids is 1. The van der Waals surface area contributed by atoms with Gasteiger partial charge in [-0.25, -0.2) is 0 Å². The van der Waals surface area contributed by atoms with Gasteiger partial charge < -0.3 is 52.1 Å². The monoisotopic (exact) mass is 524 g/mol. The predicted octanol–water partition coefficient (Wildman–Crippen LogP) is 2.92. The highest BCUT2D eigenvalue weighted by Gasteiger charge is 2.48. The van der Waals surface area contributed by atoms with Crippen LogP contribution in [0.4, 0.5) is 0 Å². The number of rotatable bonds is 18. The summed E-state index contributed by atoms with van der Waals surface area (Å²) in [5.74, 6) is 1.31. The van der Waals surface area contributed by atoms with Crippen molar-refractivity contribution in [2.24, 2.45) is 0 Å². The van der Waals surface area contributed by atoms with E-state index in [0.717, 1.165) is 0 Å². The summed E-state index contributed by atoms with van der Waals surface area (Å²) < 4.78 is 58.8. The van der Waals surface area contributed by atoms with Gasteiger partial charge in [0.25, 0.3) is 0 Å². The van der Waals surface area contributed by atoms with Crippen molar-refractivity contribution in [3.8, 4) is 28.7 Å². The summed E-state index contributed by atoms with van der Waals surface area (Å²) in [5.41, 5.74) is 0.884. The smallest absolute Gasteiger partial charge is 0.202 e. The van der Waals surface area contributed by atoms with Crippen LogP contribution in [0.1, 0.15) is 22.0 Å². The lowest BCUT2D eigenvalue weighted by Gasteiger charge is -2.17. The topological polar surface area (TPSA) is 122 Å². The molecule has 12 heteroatoms. The molecule has 1 fully saturated rings. The zero-order valence-electron chi connectivity index (χ0n) is 21.5. The van der Waals surface area contributed by atoms with Crippen molar-refractivity contribution in [1.29, 1.82) is 0 Å². The van der Waals surface area contributed by atoms with E-state index in [0.29, 0.717) is 22.8 Å². The minimum Gasteiger partial charge on any atom is -0.467 e. The number of epoxide rings is 1. The van der Waals surface area contributed by atoms with E-state index < -0.39 is 12.2 Å². The Balaban J connectivity index is 1.89. The number of hydrogen-bond donors (Lipinski definition) is 0. The van der Waals surface area contributed by atoms with Gasteiger partial charge in [0.15, 0.2) is 51.6 Å². The van der Waals surface area contributed by atoms with Crippen molar-refractivity contribution >= 4 is 5.78 Å². The molecule has 2 atom stereocenters. The molecule has 2 aromatic carbocycles. The maximum atomic E-state index is 13.6. The molecule has 0 aliphatic carbocycles. The van der Waals surface area contributed by atoms with Crippen LogP contribution in [-0.2, 0) is 28.4 Å². The molecule has 0 spiro atoms. The molecule has 2 aromatic rings. The largest absolute Gasteiger partial charge is 0.467 e. The van der Waals surface area contributed by atoms with Crippen LogP contribution in [0, 0.1) is 0 Å². The molecule has 1 aliphatic heterocycles. The van der Waals surface area contributed by atoms with Gasteiger partial charge >= 0.3 is 0 Å². The molecule has 3 rings (SSSR count). The fourth-order valence-electron chi connectivity index (χ4n) is 3.38. The summed E-state index contributed by atoms with van der Waals surface area (Å²) in [5, 5.41) is 0. The Morgan fingerprint density at radius 3 is 1.68 bits per heavy atom. The SMILES string of the molecule is COCOc1cc(OCOC)c(C(=O)C2OC2c2ccc(OCOC)c(OCOC)c2)c(OCOC)c1. The van der Waals surface area contributed by atoms with Crippen LogP contribution in [0.25, 0.3) is 0 Å². The van der Waals surface area contributed by atoms with Crippen molar-refractivity contribution in [3.63, 3.8) is 0 Å². The first kappa shape index (κ1) is 28.4. The fourth-order valence-corrected chi connectivity index (χ4v) is 3.38. The summed E-state index contributed by atoms with van der Waals surface area (Å²) in [6, 6.07) is 8.34. The van der Waals surface area contributed by atoms with Gasteiger partial charge in [-0.3, -0.25) is 4.79 Å². The third kappa shape index (κ3) is 7.68. The molecule has 2 unspecified atom stereocenters. The molecular formula is C25H32O12. The Labute approximate surface area is 215 Å². The molecule has 0 amide bonds. The third-order valence-electron chi connectivity index (χ3n) is 5.00. The van der Waals surface area contributed by atoms with E-state index in [2.05, 4.69) is 0 Å². The zero-order chi connectivity index (χ0) is 26.6. The lowest BCUT2D eigenvalue weighted by atomic mass is 10.0. The van der Waals surface area contributed by atoms with Crippen molar-refractivity contribution in [1.82, 2.24) is 0 Å². The summed E-state index contributed by atoms with van der Waals surface area (Å²) in [4.78, 5) is 13.6. The minimum absolute atomic E-state index is 0.00783. The molecule has 0 aromatic heterocycles. The van der Waals surface area contributed by atoms with E-state index in [4.69, 9.17) is 52.1 Å². The number of benzene rings is 2. The van der Waals surface area contributed by atoms with Gasteiger partial charge in [0.05, 0.1) is 0 Å². The van der Waals surface area contributed by atoms with Gasteiger partial charge in [0.2, 0.25) is 5.78 Å². The van der Waals surface area contributed by atoms with E-state index in [1.165, 1.54) is 35.5 Å². The predicted molar refractivity (Wildman–Crippen MR) is 127 cm³/mol. The number of hydrogen-bond acceptors (Lipinski definition) is 12. The lowest BCUT2D eigenvalue weighted by Crippen LogP contribution is -2.15. The zero-order valence-corrected chi connectivity index (χ0v) is 21.5. The van der Waals surface area contributed by atoms with Gasteiger partial charge in [-0.15, -0.1) is 0 Å². The van der Waals surface area contributed by atoms with Crippen molar-refractivity contribution in [2.45, 2.75) is 12.2 Å². The second kappa shape index (κ2) is 14.6. The second-order valence-electron chi connectivity index (χ2n) is 7.60. The highest BCUT2D eigenvalue weighted by molar-refractivity contribution is 6.06. The molecule has 0 saturated carbocycles. The van der Waals surface area contributed by atoms with E-state index >= 15 is 0 Å². The van der Waals surface area contributed by atoms with E-state index in [-0.39, 0.29) is 56.8 Å². The summed E-state index contributed by atoms with van der Waals surface area (Å²) in [7, 11) is 7.46. The minimum atomic E-state index is -0.790. The molecule has 12 nitrogen and oxygen atoms in total. The third-order valence-corrected chi connectivity index (χ3v) is 5.00. The highest BCUT2D eigenvalue weighted by atomic mass is 16.7. The molecule has 0 bridgehead atoms. The number of ketones is 1. The number of ether oxygens (including phenoxy) is 11. The highest BCUT2D eigenvalue weighted by Crippen LogP contribution is 2.46. The Morgan fingerprint density at radius 1 is 0.649 bits per heavy atom. The van der Waals surface area contributed by atoms with E-state index in [9.17, 15) is 4.79 Å². The standard InChI is InChI=1S/C25H32O12/c1-27-11-32-17-9-20(35-14-30-4)22(21(10-17)36-15-31-5)23(26)25-24(37-25)16-6-7-18(33-12-28-2)19(8-16)34-13-29-3/h6-10,24-25H,11-15H2,1-5H3. The average Bonchev–Trinajstić information content (AvgIpc) is 3.72. The van der Waals surface area contributed by atoms with Crippen molar-refractivity contribution in [2.75, 3.05) is 69.5 Å². The van der Waals surface area contributed by atoms with Crippen LogP contribution < -0.4 is 23.7 Å². The van der Waals surface area contributed by atoms with Crippen LogP contribution in [0.2, 0.25) is 0 Å². The summed E-state index contributed by atoms with van der Waals surface area (Å²) in [6.45, 7) is -0.154. The molecule has 0 radical (unpaired) electrons. The number of carbonyl (C=O) groups is 1. The van der Waals surface area contributed by atoms with E-state index in [1.807, 2.05) is 0 Å². The molecule has 1 aliphatic rings. The summed E-state index contributed by atoms with van der Waals surface area (Å²) in [6.07, 6.45) is -1.31. The lowest BCUT2D eigenvalue weighted by molar-refractivity contribution is 0.0322. The Hall–Kier alpha value is -3.13. The molecule has 1 saturated heterocycles. The molecule has 204 valence electrons. The van der Waals surface area contributed by atoms with Crippen LogP contribution >= 0.6 is 0 Å². The maximum absolute atomic E-state index is 13.6. The van der Waals surface area contributed by atoms with Crippen molar-refractivity contribution in [3.05, 3.63) is 41.5 Å². The average molecular weight is 525 g/mol. The van der Waals surface area contributed by atoms with Crippen LogP contribution in [0.3, 0.4) is 0 Å². The van der Waals surface area contributed by atoms with Gasteiger partial charge in [-0.2, -0.15) is 0 Å². The van der Waals surface area contributed by atoms with Crippen molar-refractivity contribution < 1.29 is 56.9 Å². The van der Waals surface area contributed by atoms with Crippen LogP contribution in [0.15, 0.2) is 30.3 Å². The summed E-state index contributed by atoms with van der Waals surface area (Å²) >= 11 is 0. The Bertz CT molecular complexity index is 982. The molecule has 1 heterocycles. The van der Waals surface area contributed by atoms with E-state index in [1.54, 1.807) is 30.3 Å². The maximum Gasteiger partial charge on any atom is 0.202 e. The van der Waals surface area contributed by atoms with Gasteiger partial charge in [0.1, 0.15) is 28.9 Å². The Kier molecular flexibility index (Phi) is 11.2. The number of methoxy groups -OCH3 is 5. The fraction of sp³-hybridized carbons (Fsp3) is 0.480.